The number of pyridine rings is 1. The molecular formula is C24H22Cl2N2O3. The summed E-state index contributed by atoms with van der Waals surface area (Å²) in [7, 11) is 0. The summed E-state index contributed by atoms with van der Waals surface area (Å²) in [5, 5.41) is 9.62. The van der Waals surface area contributed by atoms with Crippen molar-refractivity contribution in [1.29, 1.82) is 0 Å². The lowest BCUT2D eigenvalue weighted by molar-refractivity contribution is 0.0697. The first-order valence-electron chi connectivity index (χ1n) is 10.1. The summed E-state index contributed by atoms with van der Waals surface area (Å²) >= 11 is 12.7. The van der Waals surface area contributed by atoms with Crippen LogP contribution in [-0.4, -0.2) is 22.2 Å². The Labute approximate surface area is 190 Å². The molecule has 0 aliphatic carbocycles. The Morgan fingerprint density at radius 1 is 1.06 bits per heavy atom. The average molecular weight is 457 g/mol. The van der Waals surface area contributed by atoms with Gasteiger partial charge in [0.15, 0.2) is 0 Å². The van der Waals surface area contributed by atoms with Gasteiger partial charge in [-0.2, -0.15) is 0 Å². The molecule has 31 heavy (non-hydrogen) atoms. The highest BCUT2D eigenvalue weighted by molar-refractivity contribution is 6.34. The SMILES string of the molecule is Cc1ccc2c(c1)N(Cc1c(Cl)cc(Cl)c(=O)n1CCc1ccc(C(=O)O)cc1)CC2. The van der Waals surface area contributed by atoms with Gasteiger partial charge in [-0.05, 0) is 60.7 Å². The van der Waals surface area contributed by atoms with Crippen molar-refractivity contribution in [3.8, 4) is 0 Å². The van der Waals surface area contributed by atoms with Crippen LogP contribution in [0.5, 0.6) is 0 Å². The summed E-state index contributed by atoms with van der Waals surface area (Å²) in [4.78, 5) is 26.2. The highest BCUT2D eigenvalue weighted by atomic mass is 35.5. The predicted molar refractivity (Wildman–Crippen MR) is 124 cm³/mol. The zero-order valence-corrected chi connectivity index (χ0v) is 18.6. The molecule has 1 aliphatic heterocycles. The molecule has 2 aromatic carbocycles. The summed E-state index contributed by atoms with van der Waals surface area (Å²) in [6, 6.07) is 14.6. The zero-order chi connectivity index (χ0) is 22.1. The molecule has 0 unspecified atom stereocenters. The Morgan fingerprint density at radius 2 is 1.81 bits per heavy atom. The van der Waals surface area contributed by atoms with E-state index in [1.807, 2.05) is 0 Å². The van der Waals surface area contributed by atoms with E-state index in [-0.39, 0.29) is 16.1 Å². The van der Waals surface area contributed by atoms with Crippen LogP contribution in [0.15, 0.2) is 53.3 Å². The van der Waals surface area contributed by atoms with Gasteiger partial charge in [-0.25, -0.2) is 4.79 Å². The topological polar surface area (TPSA) is 62.5 Å². The van der Waals surface area contributed by atoms with Gasteiger partial charge in [0, 0.05) is 18.8 Å². The number of nitrogens with zero attached hydrogens (tertiary/aromatic N) is 2. The Kier molecular flexibility index (Phi) is 6.08. The van der Waals surface area contributed by atoms with Crippen LogP contribution in [0.2, 0.25) is 10.0 Å². The lowest BCUT2D eigenvalue weighted by atomic mass is 10.1. The number of hydrogen-bond donors (Lipinski definition) is 1. The van der Waals surface area contributed by atoms with Crippen LogP contribution in [-0.2, 0) is 25.9 Å². The summed E-state index contributed by atoms with van der Waals surface area (Å²) in [5.41, 5.74) is 5.28. The normalized spacial score (nSPS) is 12.8. The molecule has 0 amide bonds. The Balaban J connectivity index is 1.62. The molecule has 0 atom stereocenters. The molecule has 1 aromatic heterocycles. The summed E-state index contributed by atoms with van der Waals surface area (Å²) < 4.78 is 1.64. The quantitative estimate of drug-likeness (QED) is 0.568. The molecule has 0 bridgehead atoms. The third-order valence-electron chi connectivity index (χ3n) is 5.70. The van der Waals surface area contributed by atoms with Crippen LogP contribution in [0, 0.1) is 6.92 Å². The second-order valence-corrected chi connectivity index (χ2v) is 8.61. The van der Waals surface area contributed by atoms with E-state index in [0.717, 1.165) is 24.2 Å². The Bertz CT molecular complexity index is 1200. The van der Waals surface area contributed by atoms with Crippen LogP contribution in [0.3, 0.4) is 0 Å². The number of benzene rings is 2. The number of rotatable bonds is 6. The average Bonchev–Trinajstić information content (AvgIpc) is 3.13. The molecule has 3 aromatic rings. The van der Waals surface area contributed by atoms with Crippen molar-refractivity contribution in [2.45, 2.75) is 32.9 Å². The summed E-state index contributed by atoms with van der Waals surface area (Å²) in [6.45, 7) is 3.84. The molecule has 160 valence electrons. The van der Waals surface area contributed by atoms with E-state index < -0.39 is 5.97 Å². The largest absolute Gasteiger partial charge is 0.478 e. The van der Waals surface area contributed by atoms with E-state index in [1.54, 1.807) is 28.8 Å². The molecule has 2 heterocycles. The molecular weight excluding hydrogens is 435 g/mol. The second kappa shape index (κ2) is 8.77. The Morgan fingerprint density at radius 3 is 2.52 bits per heavy atom. The number of carboxylic acids is 1. The lowest BCUT2D eigenvalue weighted by Gasteiger charge is -2.23. The third kappa shape index (κ3) is 4.48. The maximum Gasteiger partial charge on any atom is 0.335 e. The number of anilines is 1. The fraction of sp³-hybridized carbons (Fsp3) is 0.250. The van der Waals surface area contributed by atoms with Crippen molar-refractivity contribution in [2.24, 2.45) is 0 Å². The van der Waals surface area contributed by atoms with Gasteiger partial charge in [0.2, 0.25) is 0 Å². The Hall–Kier alpha value is -2.76. The van der Waals surface area contributed by atoms with Crippen LogP contribution in [0.25, 0.3) is 0 Å². The van der Waals surface area contributed by atoms with E-state index >= 15 is 0 Å². The summed E-state index contributed by atoms with van der Waals surface area (Å²) in [6.07, 6.45) is 1.51. The molecule has 4 rings (SSSR count). The summed E-state index contributed by atoms with van der Waals surface area (Å²) in [5.74, 6) is -0.965. The minimum Gasteiger partial charge on any atom is -0.478 e. The van der Waals surface area contributed by atoms with E-state index in [2.05, 4.69) is 30.0 Å². The van der Waals surface area contributed by atoms with Gasteiger partial charge in [-0.1, -0.05) is 47.5 Å². The van der Waals surface area contributed by atoms with Gasteiger partial charge in [-0.3, -0.25) is 4.79 Å². The smallest absolute Gasteiger partial charge is 0.335 e. The van der Waals surface area contributed by atoms with Crippen molar-refractivity contribution < 1.29 is 9.90 Å². The van der Waals surface area contributed by atoms with Gasteiger partial charge in [0.05, 0.1) is 22.8 Å². The maximum atomic E-state index is 12.9. The van der Waals surface area contributed by atoms with E-state index in [0.29, 0.717) is 24.5 Å². The van der Waals surface area contributed by atoms with Crippen molar-refractivity contribution in [1.82, 2.24) is 4.57 Å². The fourth-order valence-corrected chi connectivity index (χ4v) is 4.53. The number of hydrogen-bond acceptors (Lipinski definition) is 3. The lowest BCUT2D eigenvalue weighted by Crippen LogP contribution is -2.30. The van der Waals surface area contributed by atoms with Gasteiger partial charge < -0.3 is 14.6 Å². The van der Waals surface area contributed by atoms with Crippen molar-refractivity contribution in [2.75, 3.05) is 11.4 Å². The van der Waals surface area contributed by atoms with Gasteiger partial charge in [0.1, 0.15) is 5.02 Å². The first-order chi connectivity index (χ1) is 14.8. The van der Waals surface area contributed by atoms with Crippen LogP contribution < -0.4 is 10.5 Å². The van der Waals surface area contributed by atoms with Crippen LogP contribution >= 0.6 is 23.2 Å². The first kappa shape index (κ1) is 21.5. The molecule has 7 heteroatoms. The number of fused-ring (bicyclic) bond motifs is 1. The van der Waals surface area contributed by atoms with Gasteiger partial charge in [0.25, 0.3) is 5.56 Å². The molecule has 1 N–H and O–H groups in total. The van der Waals surface area contributed by atoms with Crippen LogP contribution in [0.4, 0.5) is 5.69 Å². The van der Waals surface area contributed by atoms with Crippen LogP contribution in [0.1, 0.15) is 32.7 Å². The van der Waals surface area contributed by atoms with Crippen molar-refractivity contribution in [3.05, 3.63) is 96.9 Å². The van der Waals surface area contributed by atoms with Gasteiger partial charge >= 0.3 is 5.97 Å². The fourth-order valence-electron chi connectivity index (χ4n) is 3.99. The van der Waals surface area contributed by atoms with E-state index in [4.69, 9.17) is 28.3 Å². The standard InChI is InChI=1S/C24H22Cl2N2O3/c1-15-2-5-17-9-10-27(21(17)12-15)14-22-19(25)13-20(26)23(29)28(22)11-8-16-3-6-18(7-4-16)24(30)31/h2-7,12-13H,8-11,14H2,1H3,(H,30,31). The van der Waals surface area contributed by atoms with E-state index in [1.165, 1.54) is 22.9 Å². The molecule has 5 nitrogen and oxygen atoms in total. The number of carbonyl (C=O) groups is 1. The van der Waals surface area contributed by atoms with Crippen molar-refractivity contribution >= 4 is 34.9 Å². The van der Waals surface area contributed by atoms with E-state index in [9.17, 15) is 9.59 Å². The molecule has 0 saturated carbocycles. The second-order valence-electron chi connectivity index (χ2n) is 7.80. The third-order valence-corrected chi connectivity index (χ3v) is 6.30. The maximum absolute atomic E-state index is 12.9. The monoisotopic (exact) mass is 456 g/mol. The highest BCUT2D eigenvalue weighted by Crippen LogP contribution is 2.31. The molecule has 0 fully saturated rings. The number of aromatic nitrogens is 1. The zero-order valence-electron chi connectivity index (χ0n) is 17.1. The number of halogens is 2. The molecule has 0 saturated heterocycles. The number of carboxylic acid groups (broad SMARTS) is 1. The first-order valence-corrected chi connectivity index (χ1v) is 10.8. The number of aromatic carboxylic acids is 1. The minimum absolute atomic E-state index is 0.0904. The van der Waals surface area contributed by atoms with Gasteiger partial charge in [-0.15, -0.1) is 0 Å². The predicted octanol–water partition coefficient (Wildman–Crippen LogP) is 4.97. The minimum atomic E-state index is -0.965. The highest BCUT2D eigenvalue weighted by Gasteiger charge is 2.22. The molecule has 1 aliphatic rings. The molecule has 0 spiro atoms. The molecule has 0 radical (unpaired) electrons. The number of aryl methyl sites for hydroxylation is 2. The van der Waals surface area contributed by atoms with Crippen molar-refractivity contribution in [3.63, 3.8) is 0 Å².